The number of aliphatic hydroxyl groups is 1. The summed E-state index contributed by atoms with van der Waals surface area (Å²) in [6.07, 6.45) is 6.95. The maximum atomic E-state index is 14.3. The molecular formula is C37H37N3O6S. The molecule has 0 bridgehead atoms. The van der Waals surface area contributed by atoms with Crippen molar-refractivity contribution in [2.24, 2.45) is 5.73 Å². The number of amides is 2. The zero-order valence-corrected chi connectivity index (χ0v) is 26.7. The molecule has 5 atom stereocenters. The van der Waals surface area contributed by atoms with Crippen LogP contribution in [0.4, 0.5) is 0 Å². The second kappa shape index (κ2) is 14.1. The van der Waals surface area contributed by atoms with Crippen molar-refractivity contribution < 1.29 is 29.0 Å². The normalized spacial score (nSPS) is 23.1. The van der Waals surface area contributed by atoms with E-state index in [1.807, 2.05) is 109 Å². The van der Waals surface area contributed by atoms with Crippen molar-refractivity contribution in [2.45, 2.75) is 53.9 Å². The van der Waals surface area contributed by atoms with Gasteiger partial charge < -0.3 is 25.6 Å². The molecule has 242 valence electrons. The Labute approximate surface area is 278 Å². The second-order valence-electron chi connectivity index (χ2n) is 11.7. The van der Waals surface area contributed by atoms with Crippen LogP contribution in [-0.4, -0.2) is 63.4 Å². The number of hydrogen-bond donors (Lipinski definition) is 3. The van der Waals surface area contributed by atoms with Gasteiger partial charge in [0.1, 0.15) is 16.7 Å². The lowest BCUT2D eigenvalue weighted by Gasteiger charge is -2.55. The molecule has 0 saturated carbocycles. The summed E-state index contributed by atoms with van der Waals surface area (Å²) < 4.78 is 12.0. The Kier molecular flexibility index (Phi) is 9.74. The number of thioether (sulfide) groups is 1. The lowest BCUT2D eigenvalue weighted by Crippen LogP contribution is -2.80. The van der Waals surface area contributed by atoms with E-state index < -0.39 is 52.4 Å². The largest absolute Gasteiger partial charge is 0.451 e. The van der Waals surface area contributed by atoms with Gasteiger partial charge in [0.15, 0.2) is 6.10 Å². The minimum absolute atomic E-state index is 0.217. The minimum Gasteiger partial charge on any atom is -0.451 e. The fourth-order valence-electron chi connectivity index (χ4n) is 6.08. The van der Waals surface area contributed by atoms with Crippen molar-refractivity contribution >= 4 is 29.5 Å². The van der Waals surface area contributed by atoms with E-state index in [0.29, 0.717) is 18.4 Å². The van der Waals surface area contributed by atoms with Gasteiger partial charge in [-0.15, -0.1) is 11.8 Å². The summed E-state index contributed by atoms with van der Waals surface area (Å²) in [4.78, 5) is 42.7. The van der Waals surface area contributed by atoms with E-state index in [9.17, 15) is 19.5 Å². The quantitative estimate of drug-likeness (QED) is 0.122. The third-order valence-corrected chi connectivity index (χ3v) is 10.2. The highest BCUT2D eigenvalue weighted by molar-refractivity contribution is 8.01. The van der Waals surface area contributed by atoms with Crippen LogP contribution in [0.15, 0.2) is 127 Å². The van der Waals surface area contributed by atoms with Gasteiger partial charge in [-0.3, -0.25) is 19.3 Å². The number of benzene rings is 3. The Morgan fingerprint density at radius 3 is 2.19 bits per heavy atom. The molecule has 2 aliphatic heterocycles. The molecule has 3 aromatic rings. The Bertz CT molecular complexity index is 1660. The van der Waals surface area contributed by atoms with Crippen molar-refractivity contribution in [1.29, 1.82) is 0 Å². The monoisotopic (exact) mass is 651 g/mol. The van der Waals surface area contributed by atoms with E-state index in [2.05, 4.69) is 5.32 Å². The van der Waals surface area contributed by atoms with Crippen molar-refractivity contribution in [3.63, 3.8) is 0 Å². The summed E-state index contributed by atoms with van der Waals surface area (Å²) in [6.45, 7) is 0. The van der Waals surface area contributed by atoms with Crippen molar-refractivity contribution in [1.82, 2.24) is 10.2 Å². The molecule has 9 nitrogen and oxygen atoms in total. The molecule has 4 unspecified atom stereocenters. The molecule has 10 heteroatoms. The summed E-state index contributed by atoms with van der Waals surface area (Å²) in [6, 6.07) is 27.3. The Morgan fingerprint density at radius 2 is 1.62 bits per heavy atom. The molecule has 1 aliphatic carbocycles. The maximum Gasteiger partial charge on any atom is 0.324 e. The number of aliphatic hydroxyl groups excluding tert-OH is 1. The van der Waals surface area contributed by atoms with Gasteiger partial charge in [0.2, 0.25) is 5.91 Å². The number of rotatable bonds is 11. The second-order valence-corrected chi connectivity index (χ2v) is 12.8. The highest BCUT2D eigenvalue weighted by Crippen LogP contribution is 2.48. The first-order valence-electron chi connectivity index (χ1n) is 15.5. The SMILES string of the molecule is COC1(NC(=O)C(N)C2=CCC=CC2)C(=O)N2C=C(C(O)Cc3ccccc3)C(C(=O)OC(c3ccccc3)c3ccccc3)S[C@@H]21. The van der Waals surface area contributed by atoms with Crippen LogP contribution in [0.25, 0.3) is 0 Å². The molecule has 2 amide bonds. The van der Waals surface area contributed by atoms with Crippen molar-refractivity contribution in [3.8, 4) is 0 Å². The first-order valence-corrected chi connectivity index (χ1v) is 16.5. The van der Waals surface area contributed by atoms with Crippen molar-refractivity contribution in [3.05, 3.63) is 143 Å². The van der Waals surface area contributed by atoms with Gasteiger partial charge in [-0.25, -0.2) is 0 Å². The van der Waals surface area contributed by atoms with E-state index >= 15 is 0 Å². The minimum atomic E-state index is -1.77. The first kappa shape index (κ1) is 32.5. The Balaban J connectivity index is 1.31. The van der Waals surface area contributed by atoms with E-state index in [0.717, 1.165) is 34.0 Å². The lowest BCUT2D eigenvalue weighted by molar-refractivity contribution is -0.189. The van der Waals surface area contributed by atoms with Gasteiger partial charge in [0.25, 0.3) is 11.6 Å². The maximum absolute atomic E-state index is 14.3. The van der Waals surface area contributed by atoms with Crippen LogP contribution in [-0.2, 0) is 30.3 Å². The summed E-state index contributed by atoms with van der Waals surface area (Å²) >= 11 is 1.09. The molecule has 0 radical (unpaired) electrons. The van der Waals surface area contributed by atoms with E-state index in [1.165, 1.54) is 18.2 Å². The number of hydrogen-bond acceptors (Lipinski definition) is 8. The smallest absolute Gasteiger partial charge is 0.324 e. The average Bonchev–Trinajstić information content (AvgIpc) is 3.13. The molecular weight excluding hydrogens is 614 g/mol. The molecule has 3 aromatic carbocycles. The molecule has 0 aromatic heterocycles. The Hall–Kier alpha value is -4.48. The summed E-state index contributed by atoms with van der Waals surface area (Å²) in [5.74, 6) is -1.69. The van der Waals surface area contributed by atoms with Gasteiger partial charge in [0.05, 0.1) is 6.10 Å². The fraction of sp³-hybridized carbons (Fsp3) is 0.270. The molecule has 2 heterocycles. The van der Waals surface area contributed by atoms with E-state index in [1.54, 1.807) is 0 Å². The number of ether oxygens (including phenoxy) is 2. The number of esters is 1. The predicted molar refractivity (Wildman–Crippen MR) is 179 cm³/mol. The van der Waals surface area contributed by atoms with Crippen LogP contribution < -0.4 is 11.1 Å². The van der Waals surface area contributed by atoms with Gasteiger partial charge in [-0.05, 0) is 40.7 Å². The van der Waals surface area contributed by atoms with Crippen LogP contribution in [0.5, 0.6) is 0 Å². The standard InChI is InChI=1S/C37H37N3O6S/c1-45-37(39-33(42)30(38)25-16-8-3-9-17-25)35(44)40-23-28(29(41)22-24-14-6-2-7-15-24)32(47-36(37)40)34(43)46-31(26-18-10-4-11-19-26)27-20-12-5-13-21-27/h2-8,10-15,17-21,23,29-32,36,41H,9,16,22,38H2,1H3,(H,39,42)/t29?,30?,32?,36-,37?/m1/s1. The van der Waals surface area contributed by atoms with Crippen LogP contribution >= 0.6 is 11.8 Å². The fourth-order valence-corrected chi connectivity index (χ4v) is 7.62. The predicted octanol–water partition coefficient (Wildman–Crippen LogP) is 4.15. The zero-order valence-electron chi connectivity index (χ0n) is 25.9. The van der Waals surface area contributed by atoms with Gasteiger partial charge >= 0.3 is 5.97 Å². The number of nitrogens with zero attached hydrogens (tertiary/aromatic N) is 1. The molecule has 6 rings (SSSR count). The van der Waals surface area contributed by atoms with Crippen LogP contribution in [0.2, 0.25) is 0 Å². The van der Waals surface area contributed by atoms with Gasteiger partial charge in [-0.1, -0.05) is 109 Å². The third-order valence-electron chi connectivity index (χ3n) is 8.67. The molecule has 3 aliphatic rings. The van der Waals surface area contributed by atoms with Crippen LogP contribution in [0, 0.1) is 0 Å². The van der Waals surface area contributed by atoms with Crippen LogP contribution in [0.3, 0.4) is 0 Å². The zero-order chi connectivity index (χ0) is 33.0. The van der Waals surface area contributed by atoms with E-state index in [4.69, 9.17) is 15.2 Å². The van der Waals surface area contributed by atoms with Crippen molar-refractivity contribution in [2.75, 3.05) is 7.11 Å². The average molecular weight is 652 g/mol. The summed E-state index contributed by atoms with van der Waals surface area (Å²) in [7, 11) is 1.34. The number of nitrogens with one attached hydrogen (secondary N) is 1. The number of β-lactam (4-membered cyclic amide) rings is 1. The highest BCUT2D eigenvalue weighted by atomic mass is 32.2. The molecule has 47 heavy (non-hydrogen) atoms. The van der Waals surface area contributed by atoms with Gasteiger partial charge in [-0.2, -0.15) is 0 Å². The summed E-state index contributed by atoms with van der Waals surface area (Å²) in [5.41, 5.74) is 8.02. The molecule has 4 N–H and O–H groups in total. The number of carbonyl (C=O) groups excluding carboxylic acids is 3. The topological polar surface area (TPSA) is 131 Å². The summed E-state index contributed by atoms with van der Waals surface area (Å²) in [5, 5.41) is 12.4. The highest BCUT2D eigenvalue weighted by Gasteiger charge is 2.66. The van der Waals surface area contributed by atoms with Crippen LogP contribution in [0.1, 0.15) is 35.6 Å². The van der Waals surface area contributed by atoms with E-state index in [-0.39, 0.29) is 6.42 Å². The molecule has 1 fully saturated rings. The number of allylic oxidation sites excluding steroid dienone is 3. The lowest BCUT2D eigenvalue weighted by atomic mass is 9.94. The molecule has 1 saturated heterocycles. The third kappa shape index (κ3) is 6.55. The Morgan fingerprint density at radius 1 is 1.00 bits per heavy atom. The van der Waals surface area contributed by atoms with Gasteiger partial charge in [0, 0.05) is 19.7 Å². The first-order chi connectivity index (χ1) is 22.8. The number of fused-ring (bicyclic) bond motifs is 1. The molecule has 0 spiro atoms. The number of carbonyl (C=O) groups is 3. The number of methoxy groups -OCH3 is 1. The number of nitrogens with two attached hydrogens (primary N) is 1.